The van der Waals surface area contributed by atoms with Gasteiger partial charge in [0.05, 0.1) is 40.6 Å². The number of amides is 1. The van der Waals surface area contributed by atoms with Crippen molar-refractivity contribution in [2.45, 2.75) is 90.3 Å². The summed E-state index contributed by atoms with van der Waals surface area (Å²) in [7, 11) is 1.23. The molecule has 0 spiro atoms. The second-order valence-corrected chi connectivity index (χ2v) is 17.5. The first kappa shape index (κ1) is 48.8. The summed E-state index contributed by atoms with van der Waals surface area (Å²) in [4.78, 5) is 40.9. The van der Waals surface area contributed by atoms with Gasteiger partial charge in [0.15, 0.2) is 17.5 Å². The smallest absolute Gasteiger partial charge is 0.351 e. The fourth-order valence-electron chi connectivity index (χ4n) is 7.14. The van der Waals surface area contributed by atoms with Crippen molar-refractivity contribution in [3.8, 4) is 11.5 Å². The van der Waals surface area contributed by atoms with E-state index in [0.29, 0.717) is 30.3 Å². The van der Waals surface area contributed by atoms with Crippen LogP contribution in [-0.2, 0) is 38.4 Å². The second kappa shape index (κ2) is 23.4. The molecule has 336 valence electrons. The summed E-state index contributed by atoms with van der Waals surface area (Å²) < 4.78 is 64.1. The van der Waals surface area contributed by atoms with Crippen molar-refractivity contribution in [1.82, 2.24) is 14.2 Å². The molecule has 0 bridgehead atoms. The molecule has 5 rings (SSSR count). The number of nitrogens with one attached hydrogen (secondary N) is 1. The minimum atomic E-state index is -1.96. The molecule has 1 amide bonds. The molecule has 5 atom stereocenters. The van der Waals surface area contributed by atoms with Gasteiger partial charge in [-0.05, 0) is 74.7 Å². The van der Waals surface area contributed by atoms with E-state index in [1.54, 1.807) is 14.2 Å². The molecule has 0 aliphatic carbocycles. The third-order valence-corrected chi connectivity index (χ3v) is 13.1. The number of methoxy groups -OCH3 is 2. The van der Waals surface area contributed by atoms with E-state index in [1.165, 1.54) is 30.9 Å². The molecule has 4 aromatic rings. The van der Waals surface area contributed by atoms with Gasteiger partial charge in [-0.15, -0.1) is 0 Å². The van der Waals surface area contributed by atoms with Crippen LogP contribution in [0.25, 0.3) is 0 Å². The van der Waals surface area contributed by atoms with Gasteiger partial charge in [0.25, 0.3) is 8.53 Å². The maximum atomic E-state index is 17.4. The number of aromatic nitrogens is 2. The first-order valence-corrected chi connectivity index (χ1v) is 22.7. The summed E-state index contributed by atoms with van der Waals surface area (Å²) in [5.74, 6) is 1.42. The molecule has 0 radical (unpaired) electrons. The fraction of sp³-hybridized carbons (Fsp3) is 0.467. The zero-order valence-corrected chi connectivity index (χ0v) is 38.2. The zero-order valence-electron chi connectivity index (χ0n) is 36.5. The number of alkyl halides is 1. The number of thioether (sulfide) groups is 1. The predicted molar refractivity (Wildman–Crippen MR) is 238 cm³/mol. The van der Waals surface area contributed by atoms with E-state index < -0.39 is 50.3 Å². The average Bonchev–Trinajstić information content (AvgIpc) is 3.56. The Labute approximate surface area is 368 Å². The standard InChI is InChI=1S/C45H58FN4O10PS/c1-9-40(52)62-28-27-56-25-26-58-61(50(30(2)3)31(4)5)60-42-38(59-43(41(42)46)49-24-23-39(47-32(6)51)48-44(49)53)29-57-45(33-13-11-10-12-14-33,34-15-19-36(54-7)20-16-34)35-17-21-37(55-8)22-18-35/h10-24,30-31,38,41-43H,9,25-29H2,1-8H3,(H,47,48,51,53)/t38-,41-,42-,43-,61?/m1/s1. The number of ether oxygens (including phenoxy) is 5. The highest BCUT2D eigenvalue weighted by Gasteiger charge is 2.51. The predicted octanol–water partition coefficient (Wildman–Crippen LogP) is 7.90. The van der Waals surface area contributed by atoms with Crippen LogP contribution in [0.15, 0.2) is 95.9 Å². The van der Waals surface area contributed by atoms with Gasteiger partial charge in [-0.2, -0.15) is 4.98 Å². The highest BCUT2D eigenvalue weighted by Crippen LogP contribution is 2.51. The number of nitrogens with zero attached hydrogens (tertiary/aromatic N) is 3. The number of benzene rings is 3. The minimum Gasteiger partial charge on any atom is -0.497 e. The maximum Gasteiger partial charge on any atom is 0.351 e. The summed E-state index contributed by atoms with van der Waals surface area (Å²) in [6.45, 7) is 11.6. The molecule has 17 heteroatoms. The van der Waals surface area contributed by atoms with Crippen LogP contribution in [0.1, 0.15) is 70.9 Å². The van der Waals surface area contributed by atoms with E-state index in [1.807, 2.05) is 118 Å². The molecule has 1 aliphatic rings. The van der Waals surface area contributed by atoms with Crippen molar-refractivity contribution in [3.63, 3.8) is 0 Å². The van der Waals surface area contributed by atoms with E-state index in [4.69, 9.17) is 32.7 Å². The highest BCUT2D eigenvalue weighted by molar-refractivity contribution is 8.13. The van der Waals surface area contributed by atoms with Crippen LogP contribution in [0.5, 0.6) is 11.5 Å². The normalized spacial score (nSPS) is 18.3. The van der Waals surface area contributed by atoms with E-state index in [-0.39, 0.29) is 42.8 Å². The van der Waals surface area contributed by atoms with Gasteiger partial charge in [0.2, 0.25) is 5.91 Å². The lowest BCUT2D eigenvalue weighted by Gasteiger charge is -2.39. The molecule has 1 N–H and O–H groups in total. The van der Waals surface area contributed by atoms with Gasteiger partial charge >= 0.3 is 5.69 Å². The molecule has 1 aromatic heterocycles. The Bertz CT molecular complexity index is 2020. The number of hydrogen-bond donors (Lipinski definition) is 1. The van der Waals surface area contributed by atoms with Gasteiger partial charge in [-0.3, -0.25) is 14.2 Å². The van der Waals surface area contributed by atoms with Crippen LogP contribution in [0.4, 0.5) is 10.2 Å². The Morgan fingerprint density at radius 1 is 0.903 bits per heavy atom. The molecule has 2 heterocycles. The monoisotopic (exact) mass is 896 g/mol. The van der Waals surface area contributed by atoms with E-state index >= 15 is 4.39 Å². The number of carbonyl (C=O) groups excluding carboxylic acids is 2. The second-order valence-electron chi connectivity index (χ2n) is 14.9. The largest absolute Gasteiger partial charge is 0.497 e. The van der Waals surface area contributed by atoms with Crippen molar-refractivity contribution < 1.29 is 46.7 Å². The van der Waals surface area contributed by atoms with Gasteiger partial charge in [-0.25, -0.2) is 13.9 Å². The summed E-state index contributed by atoms with van der Waals surface area (Å²) in [5, 5.41) is 2.58. The lowest BCUT2D eigenvalue weighted by molar-refractivity contribution is -0.114. The third kappa shape index (κ3) is 12.3. The number of hydrogen-bond acceptors (Lipinski definition) is 13. The van der Waals surface area contributed by atoms with Gasteiger partial charge in [0, 0.05) is 37.4 Å². The molecule has 0 saturated carbocycles. The maximum absolute atomic E-state index is 17.4. The Kier molecular flexibility index (Phi) is 18.4. The molecule has 62 heavy (non-hydrogen) atoms. The van der Waals surface area contributed by atoms with Crippen LogP contribution in [0.2, 0.25) is 0 Å². The van der Waals surface area contributed by atoms with Crippen LogP contribution in [-0.4, -0.2) is 102 Å². The lowest BCUT2D eigenvalue weighted by atomic mass is 9.80. The van der Waals surface area contributed by atoms with Crippen LogP contribution >= 0.6 is 20.3 Å². The zero-order chi connectivity index (χ0) is 44.8. The van der Waals surface area contributed by atoms with Crippen LogP contribution in [0, 0.1) is 0 Å². The summed E-state index contributed by atoms with van der Waals surface area (Å²) in [6.07, 6.45) is -4.03. The molecule has 3 aromatic carbocycles. The van der Waals surface area contributed by atoms with Gasteiger partial charge in [-0.1, -0.05) is 73.3 Å². The van der Waals surface area contributed by atoms with E-state index in [9.17, 15) is 14.4 Å². The minimum absolute atomic E-state index is 0.0191. The molecule has 1 unspecified atom stereocenters. The molecule has 1 saturated heterocycles. The molecule has 1 fully saturated rings. The number of carbonyl (C=O) groups is 2. The van der Waals surface area contributed by atoms with Crippen LogP contribution < -0.4 is 20.5 Å². The van der Waals surface area contributed by atoms with E-state index in [0.717, 1.165) is 21.3 Å². The lowest BCUT2D eigenvalue weighted by Crippen LogP contribution is -2.41. The molecular formula is C45H58FN4O10PS. The number of rotatable bonds is 23. The van der Waals surface area contributed by atoms with Crippen molar-refractivity contribution >= 4 is 37.1 Å². The molecule has 14 nitrogen and oxygen atoms in total. The van der Waals surface area contributed by atoms with Gasteiger partial charge in [0.1, 0.15) is 35.1 Å². The topological polar surface area (TPSA) is 149 Å². The summed E-state index contributed by atoms with van der Waals surface area (Å²) >= 11 is 1.22. The first-order chi connectivity index (χ1) is 29.8. The van der Waals surface area contributed by atoms with Crippen molar-refractivity contribution in [1.29, 1.82) is 0 Å². The first-order valence-electron chi connectivity index (χ1n) is 20.6. The Morgan fingerprint density at radius 3 is 2.03 bits per heavy atom. The Hall–Kier alpha value is -4.25. The number of halogens is 1. The Balaban J connectivity index is 1.55. The quantitative estimate of drug-likeness (QED) is 0.0437. The highest BCUT2D eigenvalue weighted by atomic mass is 32.2. The SMILES string of the molecule is CCC(=O)SCCOCCOP(O[C@H]1[C@@H](F)[C@H](n2ccc(NC(C)=O)nc2=O)O[C@@H]1COC(c1ccccc1)(c1ccc(OC)cc1)c1ccc(OC)cc1)N(C(C)C)C(C)C. The van der Waals surface area contributed by atoms with Crippen molar-refractivity contribution in [3.05, 3.63) is 118 Å². The van der Waals surface area contributed by atoms with Crippen molar-refractivity contribution in [2.75, 3.05) is 51.7 Å². The van der Waals surface area contributed by atoms with Crippen molar-refractivity contribution in [2.24, 2.45) is 0 Å². The third-order valence-electron chi connectivity index (χ3n) is 9.98. The summed E-state index contributed by atoms with van der Waals surface area (Å²) in [5.41, 5.74) is 0.167. The molecule has 1 aliphatic heterocycles. The van der Waals surface area contributed by atoms with Gasteiger partial charge < -0.3 is 38.0 Å². The summed E-state index contributed by atoms with van der Waals surface area (Å²) in [6, 6.07) is 26.0. The molecular weight excluding hydrogens is 839 g/mol. The Morgan fingerprint density at radius 2 is 1.50 bits per heavy atom. The average molecular weight is 897 g/mol. The van der Waals surface area contributed by atoms with E-state index in [2.05, 4.69) is 10.3 Å². The van der Waals surface area contributed by atoms with Crippen LogP contribution in [0.3, 0.4) is 0 Å². The fourth-order valence-corrected chi connectivity index (χ4v) is 9.52. The number of anilines is 1.